The summed E-state index contributed by atoms with van der Waals surface area (Å²) in [7, 11) is 0. The lowest BCUT2D eigenvalue weighted by Gasteiger charge is -2.43. The number of thioether (sulfide) groups is 1. The molecule has 1 amide bonds. The van der Waals surface area contributed by atoms with Crippen molar-refractivity contribution in [1.29, 1.82) is 0 Å². The summed E-state index contributed by atoms with van der Waals surface area (Å²) < 4.78 is 0. The van der Waals surface area contributed by atoms with Crippen molar-refractivity contribution < 1.29 is 14.7 Å². The minimum atomic E-state index is -0.822. The number of rotatable bonds is 4. The molecule has 0 aliphatic carbocycles. The molecule has 2 aliphatic heterocycles. The molecule has 0 aromatic heterocycles. The molecule has 0 spiro atoms. The van der Waals surface area contributed by atoms with Gasteiger partial charge in [-0.15, -0.1) is 0 Å². The average Bonchev–Trinajstić information content (AvgIpc) is 2.47. The number of carboxylic acids is 1. The summed E-state index contributed by atoms with van der Waals surface area (Å²) in [5.74, 6) is 1.27. The summed E-state index contributed by atoms with van der Waals surface area (Å²) in [6.07, 6.45) is 2.23. The molecule has 2 atom stereocenters. The van der Waals surface area contributed by atoms with Crippen LogP contribution < -0.4 is 5.32 Å². The van der Waals surface area contributed by atoms with Crippen molar-refractivity contribution in [1.82, 2.24) is 10.2 Å². The van der Waals surface area contributed by atoms with E-state index in [1.807, 2.05) is 18.7 Å². The third-order valence-electron chi connectivity index (χ3n) is 4.77. The summed E-state index contributed by atoms with van der Waals surface area (Å²) >= 11 is 1.74. The first-order valence-electron chi connectivity index (χ1n) is 7.74. The fourth-order valence-corrected chi connectivity index (χ4v) is 4.37. The van der Waals surface area contributed by atoms with Crippen molar-refractivity contribution in [2.24, 2.45) is 11.3 Å². The number of carbonyl (C=O) groups is 2. The lowest BCUT2D eigenvalue weighted by molar-refractivity contribution is -0.147. The number of aliphatic carboxylic acids is 1. The van der Waals surface area contributed by atoms with Gasteiger partial charge in [-0.25, -0.2) is 0 Å². The van der Waals surface area contributed by atoms with Crippen LogP contribution in [0.3, 0.4) is 0 Å². The molecule has 21 heavy (non-hydrogen) atoms. The van der Waals surface area contributed by atoms with E-state index in [0.717, 1.165) is 37.4 Å². The van der Waals surface area contributed by atoms with Crippen molar-refractivity contribution in [3.63, 3.8) is 0 Å². The number of hydrogen-bond donors (Lipinski definition) is 2. The van der Waals surface area contributed by atoms with E-state index in [-0.39, 0.29) is 18.4 Å². The van der Waals surface area contributed by atoms with Crippen LogP contribution in [0.1, 0.15) is 33.1 Å². The zero-order valence-electron chi connectivity index (χ0n) is 12.9. The van der Waals surface area contributed by atoms with Gasteiger partial charge in [0.1, 0.15) is 0 Å². The van der Waals surface area contributed by atoms with Gasteiger partial charge in [0.05, 0.1) is 12.5 Å². The van der Waals surface area contributed by atoms with Crippen LogP contribution >= 0.6 is 11.8 Å². The van der Waals surface area contributed by atoms with Gasteiger partial charge >= 0.3 is 5.97 Å². The zero-order chi connectivity index (χ0) is 15.5. The zero-order valence-corrected chi connectivity index (χ0v) is 13.7. The number of amides is 1. The maximum Gasteiger partial charge on any atom is 0.305 e. The van der Waals surface area contributed by atoms with E-state index in [2.05, 4.69) is 5.32 Å². The summed E-state index contributed by atoms with van der Waals surface area (Å²) in [4.78, 5) is 25.9. The van der Waals surface area contributed by atoms with E-state index >= 15 is 0 Å². The molecule has 2 aliphatic rings. The van der Waals surface area contributed by atoms with Crippen LogP contribution in [-0.4, -0.2) is 59.1 Å². The van der Waals surface area contributed by atoms with E-state index in [4.69, 9.17) is 5.11 Å². The molecule has 0 bridgehead atoms. The molecule has 0 aromatic carbocycles. The topological polar surface area (TPSA) is 69.6 Å². The van der Waals surface area contributed by atoms with Gasteiger partial charge in [0.25, 0.3) is 0 Å². The smallest absolute Gasteiger partial charge is 0.305 e. The highest BCUT2D eigenvalue weighted by atomic mass is 32.2. The predicted octanol–water partition coefficient (Wildman–Crippen LogP) is 1.43. The lowest BCUT2D eigenvalue weighted by atomic mass is 9.73. The van der Waals surface area contributed by atoms with Gasteiger partial charge in [-0.05, 0) is 31.8 Å². The van der Waals surface area contributed by atoms with Gasteiger partial charge in [0.15, 0.2) is 0 Å². The van der Waals surface area contributed by atoms with Gasteiger partial charge in [-0.3, -0.25) is 9.59 Å². The summed E-state index contributed by atoms with van der Waals surface area (Å²) in [6.45, 7) is 6.62. The summed E-state index contributed by atoms with van der Waals surface area (Å²) in [5.41, 5.74) is -0.424. The monoisotopic (exact) mass is 314 g/mol. The van der Waals surface area contributed by atoms with Crippen molar-refractivity contribution in [3.05, 3.63) is 0 Å². The molecule has 0 saturated carbocycles. The molecule has 2 saturated heterocycles. The maximum atomic E-state index is 13.0. The first kappa shape index (κ1) is 16.6. The fourth-order valence-electron chi connectivity index (χ4n) is 3.31. The van der Waals surface area contributed by atoms with Crippen LogP contribution in [0.5, 0.6) is 0 Å². The van der Waals surface area contributed by atoms with Crippen molar-refractivity contribution >= 4 is 23.6 Å². The van der Waals surface area contributed by atoms with Gasteiger partial charge in [0.2, 0.25) is 5.91 Å². The van der Waals surface area contributed by atoms with Crippen LogP contribution in [0.4, 0.5) is 0 Å². The molecule has 2 fully saturated rings. The fraction of sp³-hybridized carbons (Fsp3) is 0.867. The quantitative estimate of drug-likeness (QED) is 0.821. The number of nitrogens with one attached hydrogen (secondary N) is 1. The van der Waals surface area contributed by atoms with E-state index in [1.54, 1.807) is 11.8 Å². The minimum absolute atomic E-state index is 0.0533. The van der Waals surface area contributed by atoms with E-state index in [0.29, 0.717) is 12.5 Å². The third kappa shape index (κ3) is 3.92. The van der Waals surface area contributed by atoms with Gasteiger partial charge in [-0.2, -0.15) is 11.8 Å². The number of carbonyl (C=O) groups excluding carboxylic acids is 1. The Balaban J connectivity index is 2.09. The molecule has 6 heteroatoms. The van der Waals surface area contributed by atoms with Crippen LogP contribution in [0, 0.1) is 11.3 Å². The largest absolute Gasteiger partial charge is 0.481 e. The minimum Gasteiger partial charge on any atom is -0.481 e. The normalized spacial score (nSPS) is 27.4. The SMILES string of the molecule is CC(C)(C(=O)N1CCSCC1CC(=O)O)C1CCCNC1. The Bertz CT molecular complexity index is 394. The molecule has 2 unspecified atom stereocenters. The van der Waals surface area contributed by atoms with E-state index in [1.165, 1.54) is 0 Å². The van der Waals surface area contributed by atoms with Gasteiger partial charge in [-0.1, -0.05) is 13.8 Å². The van der Waals surface area contributed by atoms with Gasteiger partial charge in [0, 0.05) is 23.5 Å². The molecule has 5 nitrogen and oxygen atoms in total. The number of carboxylic acid groups (broad SMARTS) is 1. The molecule has 2 rings (SSSR count). The van der Waals surface area contributed by atoms with E-state index in [9.17, 15) is 9.59 Å². The van der Waals surface area contributed by atoms with E-state index < -0.39 is 11.4 Å². The maximum absolute atomic E-state index is 13.0. The first-order chi connectivity index (χ1) is 9.93. The van der Waals surface area contributed by atoms with Crippen LogP contribution in [-0.2, 0) is 9.59 Å². The van der Waals surface area contributed by atoms with Crippen LogP contribution in [0.2, 0.25) is 0 Å². The second kappa shape index (κ2) is 7.01. The number of piperidine rings is 1. The van der Waals surface area contributed by atoms with Gasteiger partial charge < -0.3 is 15.3 Å². The standard InChI is InChI=1S/C15H26N2O3S/c1-15(2,11-4-3-5-16-9-11)14(20)17-6-7-21-10-12(17)8-13(18)19/h11-12,16H,3-10H2,1-2H3,(H,18,19). The second-order valence-electron chi connectivity index (χ2n) is 6.59. The Morgan fingerprint density at radius 2 is 2.19 bits per heavy atom. The Labute approximate surface area is 130 Å². The van der Waals surface area contributed by atoms with Crippen molar-refractivity contribution in [3.8, 4) is 0 Å². The predicted molar refractivity (Wildman–Crippen MR) is 84.5 cm³/mol. The second-order valence-corrected chi connectivity index (χ2v) is 7.74. The van der Waals surface area contributed by atoms with Crippen molar-refractivity contribution in [2.75, 3.05) is 31.1 Å². The number of nitrogens with zero attached hydrogens (tertiary/aromatic N) is 1. The molecule has 2 heterocycles. The molecule has 0 aromatic rings. The first-order valence-corrected chi connectivity index (χ1v) is 8.89. The molecule has 0 radical (unpaired) electrons. The highest BCUT2D eigenvalue weighted by Gasteiger charge is 2.42. The Kier molecular flexibility index (Phi) is 5.54. The highest BCUT2D eigenvalue weighted by Crippen LogP contribution is 2.35. The Hall–Kier alpha value is -0.750. The summed E-state index contributed by atoms with van der Waals surface area (Å²) in [6, 6.07) is -0.162. The number of hydrogen-bond acceptors (Lipinski definition) is 4. The Morgan fingerprint density at radius 3 is 2.81 bits per heavy atom. The molecule has 120 valence electrons. The lowest BCUT2D eigenvalue weighted by Crippen LogP contribution is -2.55. The van der Waals surface area contributed by atoms with Crippen LogP contribution in [0.25, 0.3) is 0 Å². The third-order valence-corrected chi connectivity index (χ3v) is 5.86. The Morgan fingerprint density at radius 1 is 1.43 bits per heavy atom. The molecular formula is C15H26N2O3S. The average molecular weight is 314 g/mol. The van der Waals surface area contributed by atoms with Crippen LogP contribution in [0.15, 0.2) is 0 Å². The highest BCUT2D eigenvalue weighted by molar-refractivity contribution is 7.99. The molecular weight excluding hydrogens is 288 g/mol. The van der Waals surface area contributed by atoms with Crippen molar-refractivity contribution in [2.45, 2.75) is 39.2 Å². The summed E-state index contributed by atoms with van der Waals surface area (Å²) in [5, 5.41) is 12.4. The molecule has 2 N–H and O–H groups in total.